The Morgan fingerprint density at radius 2 is 2.28 bits per heavy atom. The number of hydrogen-bond donors (Lipinski definition) is 3. The summed E-state index contributed by atoms with van der Waals surface area (Å²) in [5.74, 6) is 1.92. The van der Waals surface area contributed by atoms with E-state index in [1.54, 1.807) is 12.2 Å². The molecule has 2 aromatic heterocycles. The number of fused-ring (bicyclic) bond motifs is 1. The van der Waals surface area contributed by atoms with Crippen LogP contribution in [-0.4, -0.2) is 32.8 Å². The van der Waals surface area contributed by atoms with Crippen LogP contribution in [0, 0.1) is 12.8 Å². The number of rotatable bonds is 6. The first-order valence-electron chi connectivity index (χ1n) is 9.61. The number of anilines is 1. The number of hydrogen-bond acceptors (Lipinski definition) is 7. The summed E-state index contributed by atoms with van der Waals surface area (Å²) in [5.41, 5.74) is 15.4. The molecule has 1 aromatic carbocycles. The number of nitrogens with two attached hydrogens (primary N) is 2. The van der Waals surface area contributed by atoms with Gasteiger partial charge in [-0.1, -0.05) is 12.7 Å². The van der Waals surface area contributed by atoms with E-state index in [9.17, 15) is 0 Å². The summed E-state index contributed by atoms with van der Waals surface area (Å²) in [6, 6.07) is 5.82. The van der Waals surface area contributed by atoms with Gasteiger partial charge in [0.05, 0.1) is 5.39 Å². The first-order valence-corrected chi connectivity index (χ1v) is 9.61. The fourth-order valence-electron chi connectivity index (χ4n) is 3.66. The predicted molar refractivity (Wildman–Crippen MR) is 114 cm³/mol. The van der Waals surface area contributed by atoms with Crippen molar-refractivity contribution in [2.75, 3.05) is 18.8 Å². The number of aryl methyl sites for hydroxylation is 1. The van der Waals surface area contributed by atoms with Crippen LogP contribution in [0.3, 0.4) is 0 Å². The van der Waals surface area contributed by atoms with Crippen LogP contribution < -0.4 is 21.5 Å². The molecule has 8 nitrogen and oxygen atoms in total. The molecule has 0 radical (unpaired) electrons. The first kappa shape index (κ1) is 18.9. The Kier molecular flexibility index (Phi) is 5.18. The third-order valence-electron chi connectivity index (χ3n) is 5.11. The summed E-state index contributed by atoms with van der Waals surface area (Å²) in [5, 5.41) is 9.03. The van der Waals surface area contributed by atoms with Crippen molar-refractivity contribution in [1.29, 1.82) is 0 Å². The molecule has 1 aliphatic heterocycles. The van der Waals surface area contributed by atoms with Gasteiger partial charge in [-0.2, -0.15) is 5.10 Å². The molecular weight excluding hydrogens is 366 g/mol. The van der Waals surface area contributed by atoms with E-state index in [2.05, 4.69) is 21.9 Å². The summed E-state index contributed by atoms with van der Waals surface area (Å²) in [6.07, 6.45) is 5.81. The Bertz CT molecular complexity index is 1080. The number of ether oxygens (including phenoxy) is 1. The molecule has 0 saturated carbocycles. The Labute approximate surface area is 169 Å². The summed E-state index contributed by atoms with van der Waals surface area (Å²) in [6.45, 7) is 8.40. The lowest BCUT2D eigenvalue weighted by Crippen LogP contribution is -2.15. The van der Waals surface area contributed by atoms with E-state index in [0.29, 0.717) is 17.5 Å². The Balaban J connectivity index is 1.74. The van der Waals surface area contributed by atoms with Crippen molar-refractivity contribution in [2.45, 2.75) is 19.9 Å². The van der Waals surface area contributed by atoms with Crippen LogP contribution in [0.25, 0.3) is 22.3 Å². The molecule has 1 saturated heterocycles. The monoisotopic (exact) mass is 391 g/mol. The molecule has 1 unspecified atom stereocenters. The van der Waals surface area contributed by atoms with Crippen molar-refractivity contribution >= 4 is 16.9 Å². The van der Waals surface area contributed by atoms with Gasteiger partial charge in [0.2, 0.25) is 0 Å². The third kappa shape index (κ3) is 3.79. The second-order valence-electron chi connectivity index (χ2n) is 7.23. The van der Waals surface area contributed by atoms with Crippen LogP contribution in [0.5, 0.6) is 5.75 Å². The number of allylic oxidation sites excluding steroid dienone is 2. The number of nitrogen functional groups attached to an aromatic ring is 1. The maximum absolute atomic E-state index is 6.21. The molecule has 0 spiro atoms. The molecule has 1 aliphatic rings. The lowest BCUT2D eigenvalue weighted by molar-refractivity contribution is 0.417. The third-order valence-corrected chi connectivity index (χ3v) is 5.11. The van der Waals surface area contributed by atoms with E-state index >= 15 is 0 Å². The van der Waals surface area contributed by atoms with Crippen molar-refractivity contribution in [3.05, 3.63) is 54.7 Å². The van der Waals surface area contributed by atoms with E-state index in [1.165, 1.54) is 6.33 Å². The second-order valence-corrected chi connectivity index (χ2v) is 7.23. The van der Waals surface area contributed by atoms with Gasteiger partial charge in [-0.05, 0) is 62.2 Å². The highest BCUT2D eigenvalue weighted by Gasteiger charge is 2.21. The standard InChI is InChI=1S/C21H25N7O/c1-3-4-17(22)29-16-6-5-15(9-13(16)2)19-18-20(23)25-12-26-21(18)28(27-19)11-14-7-8-24-10-14/h3-6,9,12,14,24H,1,7-8,10-11,22H2,2H3,(H2,23,25,26)/b17-4+. The Morgan fingerprint density at radius 1 is 1.41 bits per heavy atom. The molecule has 0 aliphatic carbocycles. The molecule has 150 valence electrons. The lowest BCUT2D eigenvalue weighted by Gasteiger charge is -2.10. The predicted octanol–water partition coefficient (Wildman–Crippen LogP) is 2.36. The maximum Gasteiger partial charge on any atom is 0.190 e. The average Bonchev–Trinajstić information content (AvgIpc) is 3.33. The largest absolute Gasteiger partial charge is 0.441 e. The van der Waals surface area contributed by atoms with Gasteiger partial charge in [-0.25, -0.2) is 14.6 Å². The minimum absolute atomic E-state index is 0.286. The van der Waals surface area contributed by atoms with Crippen LogP contribution in [0.2, 0.25) is 0 Å². The zero-order chi connectivity index (χ0) is 20.4. The maximum atomic E-state index is 6.21. The van der Waals surface area contributed by atoms with Gasteiger partial charge in [0.1, 0.15) is 23.6 Å². The molecule has 29 heavy (non-hydrogen) atoms. The van der Waals surface area contributed by atoms with Gasteiger partial charge in [-0.15, -0.1) is 0 Å². The van der Waals surface area contributed by atoms with Crippen molar-refractivity contribution in [3.63, 3.8) is 0 Å². The van der Waals surface area contributed by atoms with Crippen LogP contribution in [0.4, 0.5) is 5.82 Å². The molecular formula is C21H25N7O. The van der Waals surface area contributed by atoms with Gasteiger partial charge >= 0.3 is 0 Å². The minimum atomic E-state index is 0.286. The van der Waals surface area contributed by atoms with Gasteiger partial charge in [0.15, 0.2) is 11.5 Å². The normalized spacial score (nSPS) is 17.0. The fourth-order valence-corrected chi connectivity index (χ4v) is 3.66. The van der Waals surface area contributed by atoms with Crippen molar-refractivity contribution in [2.24, 2.45) is 11.7 Å². The number of nitrogens with one attached hydrogen (secondary N) is 1. The SMILES string of the molecule is C=C/C=C(\N)Oc1ccc(-c2nn(CC3CCNC3)c3ncnc(N)c23)cc1C. The van der Waals surface area contributed by atoms with Gasteiger partial charge in [0, 0.05) is 12.1 Å². The van der Waals surface area contributed by atoms with Crippen LogP contribution in [-0.2, 0) is 6.54 Å². The molecule has 4 rings (SSSR count). The highest BCUT2D eigenvalue weighted by atomic mass is 16.5. The van der Waals surface area contributed by atoms with E-state index in [-0.39, 0.29) is 5.88 Å². The van der Waals surface area contributed by atoms with E-state index < -0.39 is 0 Å². The molecule has 1 atom stereocenters. The quantitative estimate of drug-likeness (QED) is 0.436. The van der Waals surface area contributed by atoms with Gasteiger partial charge < -0.3 is 21.5 Å². The fraction of sp³-hybridized carbons (Fsp3) is 0.286. The molecule has 3 heterocycles. The molecule has 5 N–H and O–H groups in total. The van der Waals surface area contributed by atoms with E-state index in [1.807, 2.05) is 29.8 Å². The van der Waals surface area contributed by atoms with Crippen molar-refractivity contribution in [3.8, 4) is 17.0 Å². The average molecular weight is 391 g/mol. The zero-order valence-corrected chi connectivity index (χ0v) is 16.4. The number of aromatic nitrogens is 4. The Morgan fingerprint density at radius 3 is 3.00 bits per heavy atom. The van der Waals surface area contributed by atoms with Crippen LogP contribution >= 0.6 is 0 Å². The van der Waals surface area contributed by atoms with E-state index in [0.717, 1.165) is 53.9 Å². The molecule has 0 amide bonds. The molecule has 3 aromatic rings. The van der Waals surface area contributed by atoms with Crippen LogP contribution in [0.15, 0.2) is 49.1 Å². The zero-order valence-electron chi connectivity index (χ0n) is 16.4. The summed E-state index contributed by atoms with van der Waals surface area (Å²) in [4.78, 5) is 8.64. The van der Waals surface area contributed by atoms with Crippen molar-refractivity contribution < 1.29 is 4.74 Å². The highest BCUT2D eigenvalue weighted by Crippen LogP contribution is 2.33. The molecule has 8 heteroatoms. The molecule has 0 bridgehead atoms. The lowest BCUT2D eigenvalue weighted by atomic mass is 10.1. The molecule has 1 fully saturated rings. The van der Waals surface area contributed by atoms with Crippen LogP contribution in [0.1, 0.15) is 12.0 Å². The van der Waals surface area contributed by atoms with Gasteiger partial charge in [0.25, 0.3) is 0 Å². The summed E-state index contributed by atoms with van der Waals surface area (Å²) < 4.78 is 7.62. The van der Waals surface area contributed by atoms with Crippen molar-refractivity contribution in [1.82, 2.24) is 25.1 Å². The Hall–Kier alpha value is -3.39. The summed E-state index contributed by atoms with van der Waals surface area (Å²) >= 11 is 0. The topological polar surface area (TPSA) is 117 Å². The number of benzene rings is 1. The van der Waals surface area contributed by atoms with E-state index in [4.69, 9.17) is 21.3 Å². The smallest absolute Gasteiger partial charge is 0.190 e. The second kappa shape index (κ2) is 7.92. The van der Waals surface area contributed by atoms with Gasteiger partial charge in [-0.3, -0.25) is 0 Å². The highest BCUT2D eigenvalue weighted by molar-refractivity contribution is 5.98. The first-order chi connectivity index (χ1) is 14.1. The minimum Gasteiger partial charge on any atom is -0.441 e. The summed E-state index contributed by atoms with van der Waals surface area (Å²) in [7, 11) is 0. The number of nitrogens with zero attached hydrogens (tertiary/aromatic N) is 4.